The molecule has 4 aromatic rings. The normalized spacial score (nSPS) is 11.1. The lowest BCUT2D eigenvalue weighted by Gasteiger charge is -2.13. The van der Waals surface area contributed by atoms with Gasteiger partial charge in [-0.3, -0.25) is 14.4 Å². The van der Waals surface area contributed by atoms with Gasteiger partial charge in [-0.15, -0.1) is 11.8 Å². The van der Waals surface area contributed by atoms with Crippen LogP contribution in [0, 0.1) is 0 Å². The Morgan fingerprint density at radius 3 is 2.05 bits per heavy atom. The van der Waals surface area contributed by atoms with Gasteiger partial charge >= 0.3 is 0 Å². The van der Waals surface area contributed by atoms with Gasteiger partial charge in [-0.25, -0.2) is 0 Å². The zero-order valence-corrected chi connectivity index (χ0v) is 24.2. The lowest BCUT2D eigenvalue weighted by atomic mass is 10.1. The van der Waals surface area contributed by atoms with E-state index in [9.17, 15) is 14.4 Å². The summed E-state index contributed by atoms with van der Waals surface area (Å²) < 4.78 is 0.914. The van der Waals surface area contributed by atoms with Crippen molar-refractivity contribution in [2.75, 3.05) is 11.1 Å². The lowest BCUT2D eigenvalue weighted by molar-refractivity contribution is -0.113. The van der Waals surface area contributed by atoms with E-state index in [1.807, 2.05) is 24.3 Å². The summed E-state index contributed by atoms with van der Waals surface area (Å²) >= 11 is 17.4. The van der Waals surface area contributed by atoms with Crippen LogP contribution in [0.15, 0.2) is 112 Å². The molecule has 0 saturated heterocycles. The third kappa shape index (κ3) is 8.07. The number of nitrogens with one attached hydrogen (secondary N) is 2. The number of ketones is 1. The molecule has 5 nitrogen and oxygen atoms in total. The van der Waals surface area contributed by atoms with Crippen LogP contribution < -0.4 is 10.6 Å². The van der Waals surface area contributed by atoms with Crippen molar-refractivity contribution in [2.45, 2.75) is 4.90 Å². The summed E-state index contributed by atoms with van der Waals surface area (Å²) in [7, 11) is 0. The van der Waals surface area contributed by atoms with Gasteiger partial charge in [0.15, 0.2) is 5.78 Å². The van der Waals surface area contributed by atoms with Gasteiger partial charge in [0.2, 0.25) is 0 Å². The van der Waals surface area contributed by atoms with Crippen LogP contribution in [0.5, 0.6) is 0 Å². The van der Waals surface area contributed by atoms with Crippen LogP contribution in [-0.4, -0.2) is 23.4 Å². The second kappa shape index (κ2) is 13.6. The van der Waals surface area contributed by atoms with Crippen LogP contribution in [0.25, 0.3) is 6.08 Å². The fourth-order valence-electron chi connectivity index (χ4n) is 3.44. The molecule has 196 valence electrons. The van der Waals surface area contributed by atoms with Crippen LogP contribution in [0.2, 0.25) is 10.0 Å². The van der Waals surface area contributed by atoms with Crippen molar-refractivity contribution >= 4 is 80.3 Å². The van der Waals surface area contributed by atoms with Crippen molar-refractivity contribution in [3.63, 3.8) is 0 Å². The summed E-state index contributed by atoms with van der Waals surface area (Å²) in [5.41, 5.74) is 1.92. The summed E-state index contributed by atoms with van der Waals surface area (Å²) in [5.74, 6) is -0.708. The summed E-state index contributed by atoms with van der Waals surface area (Å²) in [4.78, 5) is 39.4. The fraction of sp³-hybridized carbons (Fsp3) is 0.0333. The monoisotopic (exact) mass is 638 g/mol. The molecule has 0 spiro atoms. The van der Waals surface area contributed by atoms with Crippen molar-refractivity contribution in [1.82, 2.24) is 5.32 Å². The predicted octanol–water partition coefficient (Wildman–Crippen LogP) is 8.14. The van der Waals surface area contributed by atoms with Gasteiger partial charge < -0.3 is 10.6 Å². The van der Waals surface area contributed by atoms with Gasteiger partial charge in [-0.05, 0) is 66.7 Å². The van der Waals surface area contributed by atoms with Gasteiger partial charge in [0.05, 0.1) is 5.75 Å². The summed E-state index contributed by atoms with van der Waals surface area (Å²) in [6.07, 6.45) is 1.44. The number of anilines is 1. The van der Waals surface area contributed by atoms with E-state index in [1.165, 1.54) is 17.8 Å². The van der Waals surface area contributed by atoms with E-state index < -0.39 is 11.8 Å². The Morgan fingerprint density at radius 2 is 1.41 bits per heavy atom. The molecule has 39 heavy (non-hydrogen) atoms. The van der Waals surface area contributed by atoms with Crippen molar-refractivity contribution in [1.29, 1.82) is 0 Å². The van der Waals surface area contributed by atoms with Gasteiger partial charge in [-0.1, -0.05) is 75.5 Å². The highest BCUT2D eigenvalue weighted by Crippen LogP contribution is 2.27. The molecule has 0 bridgehead atoms. The Morgan fingerprint density at radius 1 is 0.769 bits per heavy atom. The molecule has 0 aliphatic carbocycles. The molecule has 0 heterocycles. The zero-order valence-electron chi connectivity index (χ0n) is 20.3. The summed E-state index contributed by atoms with van der Waals surface area (Å²) in [5, 5.41) is 6.13. The molecular formula is C30H21BrCl2N2O3S. The van der Waals surface area contributed by atoms with Crippen LogP contribution in [0.3, 0.4) is 0 Å². The van der Waals surface area contributed by atoms with Gasteiger partial charge in [0.1, 0.15) is 5.70 Å². The molecule has 0 aliphatic heterocycles. The molecule has 9 heteroatoms. The zero-order chi connectivity index (χ0) is 27.8. The molecule has 0 aliphatic rings. The van der Waals surface area contributed by atoms with Crippen LogP contribution in [0.4, 0.5) is 5.69 Å². The first-order chi connectivity index (χ1) is 18.8. The van der Waals surface area contributed by atoms with Gasteiger partial charge in [0.25, 0.3) is 11.8 Å². The number of amides is 2. The van der Waals surface area contributed by atoms with E-state index in [1.54, 1.807) is 72.8 Å². The molecule has 4 rings (SSSR count). The highest BCUT2D eigenvalue weighted by molar-refractivity contribution is 9.10. The van der Waals surface area contributed by atoms with Crippen molar-refractivity contribution in [2.24, 2.45) is 0 Å². The molecule has 0 atom stereocenters. The maximum Gasteiger partial charge on any atom is 0.272 e. The second-order valence-electron chi connectivity index (χ2n) is 8.21. The molecule has 2 amide bonds. The van der Waals surface area contributed by atoms with E-state index in [0.29, 0.717) is 32.4 Å². The van der Waals surface area contributed by atoms with E-state index in [2.05, 4.69) is 26.6 Å². The van der Waals surface area contributed by atoms with E-state index in [4.69, 9.17) is 23.2 Å². The number of rotatable bonds is 9. The van der Waals surface area contributed by atoms with Gasteiger partial charge in [0, 0.05) is 41.8 Å². The third-order valence-corrected chi connectivity index (χ3v) is 7.67. The average Bonchev–Trinajstić information content (AvgIpc) is 2.94. The number of hydrogen-bond donors (Lipinski definition) is 2. The average molecular weight is 640 g/mol. The van der Waals surface area contributed by atoms with Crippen LogP contribution in [0.1, 0.15) is 26.3 Å². The Labute approximate surface area is 248 Å². The number of Topliss-reactive ketones (excluding diaryl/α,β-unsaturated/α-hetero) is 1. The molecule has 0 fully saturated rings. The maximum atomic E-state index is 13.3. The number of halogens is 3. The number of carbonyl (C=O) groups is 3. The lowest BCUT2D eigenvalue weighted by Crippen LogP contribution is -2.30. The smallest absolute Gasteiger partial charge is 0.272 e. The van der Waals surface area contributed by atoms with E-state index in [-0.39, 0.29) is 17.2 Å². The van der Waals surface area contributed by atoms with E-state index in [0.717, 1.165) is 9.37 Å². The summed E-state index contributed by atoms with van der Waals surface area (Å²) in [6.45, 7) is 0. The first kappa shape index (κ1) is 28.6. The van der Waals surface area contributed by atoms with Crippen molar-refractivity contribution < 1.29 is 14.4 Å². The fourth-order valence-corrected chi connectivity index (χ4v) is 5.00. The molecule has 0 aromatic heterocycles. The Hall–Kier alpha value is -3.36. The highest BCUT2D eigenvalue weighted by atomic mass is 79.9. The SMILES string of the molecule is O=C(Nc1ccc(SCC(=O)c2ccc(Br)cc2)cc1)/C(=C/c1c(Cl)cccc1Cl)NC(=O)c1ccccc1. The minimum Gasteiger partial charge on any atom is -0.321 e. The van der Waals surface area contributed by atoms with Gasteiger partial charge in [-0.2, -0.15) is 0 Å². The Bertz CT molecular complexity index is 1510. The highest BCUT2D eigenvalue weighted by Gasteiger charge is 2.17. The predicted molar refractivity (Wildman–Crippen MR) is 163 cm³/mol. The van der Waals surface area contributed by atoms with E-state index >= 15 is 0 Å². The molecule has 2 N–H and O–H groups in total. The Balaban J connectivity index is 1.47. The Kier molecular flexibility index (Phi) is 10.0. The first-order valence-corrected chi connectivity index (χ1v) is 14.2. The molecule has 4 aromatic carbocycles. The minimum absolute atomic E-state index is 0.0204. The third-order valence-electron chi connectivity index (χ3n) is 5.47. The number of thioether (sulfide) groups is 1. The summed E-state index contributed by atoms with van der Waals surface area (Å²) in [6, 6.07) is 27.8. The molecule has 0 radical (unpaired) electrons. The maximum absolute atomic E-state index is 13.3. The largest absolute Gasteiger partial charge is 0.321 e. The van der Waals surface area contributed by atoms with Crippen molar-refractivity contribution in [3.8, 4) is 0 Å². The standard InChI is InChI=1S/C30H21BrCl2N2O3S/c31-21-11-9-19(10-12-21)28(36)18-39-23-15-13-22(14-16-23)34-30(38)27(17-24-25(32)7-4-8-26(24)33)35-29(37)20-5-2-1-3-6-20/h1-17H,18H2,(H,34,38)(H,35,37)/b27-17-. The molecular weight excluding hydrogens is 619 g/mol. The number of hydrogen-bond acceptors (Lipinski definition) is 4. The van der Waals surface area contributed by atoms with Crippen molar-refractivity contribution in [3.05, 3.63) is 134 Å². The molecule has 0 saturated carbocycles. The van der Waals surface area contributed by atoms with Crippen LogP contribution >= 0.6 is 50.9 Å². The van der Waals surface area contributed by atoms with Crippen LogP contribution in [-0.2, 0) is 4.79 Å². The molecule has 0 unspecified atom stereocenters. The first-order valence-electron chi connectivity index (χ1n) is 11.7. The number of carbonyl (C=O) groups excluding carboxylic acids is 3. The topological polar surface area (TPSA) is 75.3 Å². The second-order valence-corrected chi connectivity index (χ2v) is 11.0. The quantitative estimate of drug-likeness (QED) is 0.110. The number of benzene rings is 4. The minimum atomic E-state index is -0.555.